The van der Waals surface area contributed by atoms with Crippen molar-refractivity contribution in [2.45, 2.75) is 13.5 Å². The SMILES string of the molecule is Cc1c(C(=O)NCc2c(Cl)cnn2C)cccc1[N+](=O)[O-]. The van der Waals surface area contributed by atoms with Crippen molar-refractivity contribution in [1.29, 1.82) is 0 Å². The van der Waals surface area contributed by atoms with Gasteiger partial charge in [-0.05, 0) is 13.0 Å². The first-order chi connectivity index (χ1) is 9.91. The molecule has 1 aromatic heterocycles. The molecule has 0 aliphatic heterocycles. The largest absolute Gasteiger partial charge is 0.346 e. The maximum atomic E-state index is 12.2. The minimum Gasteiger partial charge on any atom is -0.346 e. The molecule has 0 unspecified atom stereocenters. The summed E-state index contributed by atoms with van der Waals surface area (Å²) in [6, 6.07) is 4.39. The predicted octanol–water partition coefficient (Wildman–Crippen LogP) is 2.22. The van der Waals surface area contributed by atoms with Gasteiger partial charge in [-0.25, -0.2) is 0 Å². The molecule has 0 aliphatic rings. The Hall–Kier alpha value is -2.41. The fraction of sp³-hybridized carbons (Fsp3) is 0.231. The highest BCUT2D eigenvalue weighted by Gasteiger charge is 2.18. The number of amides is 1. The van der Waals surface area contributed by atoms with Crippen molar-refractivity contribution < 1.29 is 9.72 Å². The van der Waals surface area contributed by atoms with Crippen molar-refractivity contribution in [2.24, 2.45) is 7.05 Å². The molecule has 1 heterocycles. The lowest BCUT2D eigenvalue weighted by Crippen LogP contribution is -2.25. The van der Waals surface area contributed by atoms with E-state index in [1.165, 1.54) is 18.3 Å². The van der Waals surface area contributed by atoms with Crippen molar-refractivity contribution in [3.05, 3.63) is 56.4 Å². The maximum Gasteiger partial charge on any atom is 0.273 e. The zero-order chi connectivity index (χ0) is 15.6. The molecule has 7 nitrogen and oxygen atoms in total. The summed E-state index contributed by atoms with van der Waals surface area (Å²) in [6.07, 6.45) is 1.49. The van der Waals surface area contributed by atoms with Gasteiger partial charge in [-0.3, -0.25) is 19.6 Å². The molecule has 110 valence electrons. The third kappa shape index (κ3) is 3.03. The highest BCUT2D eigenvalue weighted by Crippen LogP contribution is 2.21. The molecule has 0 atom stereocenters. The molecular formula is C13H13ClN4O3. The van der Waals surface area contributed by atoms with E-state index in [9.17, 15) is 14.9 Å². The molecule has 8 heteroatoms. The zero-order valence-electron chi connectivity index (χ0n) is 11.5. The number of rotatable bonds is 4. The smallest absolute Gasteiger partial charge is 0.273 e. The summed E-state index contributed by atoms with van der Waals surface area (Å²) in [4.78, 5) is 22.5. The number of hydrogen-bond donors (Lipinski definition) is 1. The highest BCUT2D eigenvalue weighted by molar-refractivity contribution is 6.31. The molecular weight excluding hydrogens is 296 g/mol. The van der Waals surface area contributed by atoms with Crippen LogP contribution in [0.4, 0.5) is 5.69 Å². The van der Waals surface area contributed by atoms with Crippen LogP contribution in [-0.4, -0.2) is 20.6 Å². The summed E-state index contributed by atoms with van der Waals surface area (Å²) in [5, 5.41) is 18.0. The highest BCUT2D eigenvalue weighted by atomic mass is 35.5. The van der Waals surface area contributed by atoms with E-state index in [1.54, 1.807) is 24.7 Å². The van der Waals surface area contributed by atoms with Crippen LogP contribution in [0.2, 0.25) is 5.02 Å². The first-order valence-electron chi connectivity index (χ1n) is 6.10. The van der Waals surface area contributed by atoms with Crippen molar-refractivity contribution in [1.82, 2.24) is 15.1 Å². The van der Waals surface area contributed by atoms with E-state index in [2.05, 4.69) is 10.4 Å². The van der Waals surface area contributed by atoms with E-state index in [0.717, 1.165) is 0 Å². The number of nitro benzene ring substituents is 1. The molecule has 0 aliphatic carbocycles. The number of nitrogens with one attached hydrogen (secondary N) is 1. The number of carbonyl (C=O) groups is 1. The van der Waals surface area contributed by atoms with Gasteiger partial charge in [0.15, 0.2) is 0 Å². The van der Waals surface area contributed by atoms with Crippen molar-refractivity contribution in [3.63, 3.8) is 0 Å². The maximum absolute atomic E-state index is 12.2. The lowest BCUT2D eigenvalue weighted by molar-refractivity contribution is -0.385. The molecule has 21 heavy (non-hydrogen) atoms. The Morgan fingerprint density at radius 2 is 2.24 bits per heavy atom. The molecule has 0 bridgehead atoms. The van der Waals surface area contributed by atoms with Gasteiger partial charge in [0.2, 0.25) is 0 Å². The number of nitro groups is 1. The quantitative estimate of drug-likeness (QED) is 0.692. The normalized spacial score (nSPS) is 10.4. The second-order valence-electron chi connectivity index (χ2n) is 4.45. The average Bonchev–Trinajstić information content (AvgIpc) is 2.75. The van der Waals surface area contributed by atoms with Crippen molar-refractivity contribution >= 4 is 23.2 Å². The van der Waals surface area contributed by atoms with Gasteiger partial charge in [0, 0.05) is 24.2 Å². The van der Waals surface area contributed by atoms with Crippen molar-refractivity contribution in [3.8, 4) is 0 Å². The number of carbonyl (C=O) groups excluding carboxylic acids is 1. The Kier molecular flexibility index (Phi) is 4.23. The van der Waals surface area contributed by atoms with Crippen LogP contribution in [0, 0.1) is 17.0 Å². The molecule has 2 rings (SSSR count). The molecule has 0 spiro atoms. The molecule has 1 aromatic carbocycles. The number of nitrogens with zero attached hydrogens (tertiary/aromatic N) is 3. The van der Waals surface area contributed by atoms with Crippen LogP contribution in [0.15, 0.2) is 24.4 Å². The summed E-state index contributed by atoms with van der Waals surface area (Å²) in [6.45, 7) is 1.74. The average molecular weight is 309 g/mol. The lowest BCUT2D eigenvalue weighted by atomic mass is 10.1. The van der Waals surface area contributed by atoms with Crippen LogP contribution in [0.25, 0.3) is 0 Å². The van der Waals surface area contributed by atoms with Crippen LogP contribution < -0.4 is 5.32 Å². The summed E-state index contributed by atoms with van der Waals surface area (Å²) in [5.74, 6) is -0.395. The lowest BCUT2D eigenvalue weighted by Gasteiger charge is -2.08. The molecule has 0 radical (unpaired) electrons. The summed E-state index contributed by atoms with van der Waals surface area (Å²) in [5.41, 5.74) is 1.17. The van der Waals surface area contributed by atoms with Gasteiger partial charge in [-0.1, -0.05) is 17.7 Å². The van der Waals surface area contributed by atoms with Gasteiger partial charge in [0.1, 0.15) is 0 Å². The number of halogens is 1. The van der Waals surface area contributed by atoms with E-state index < -0.39 is 10.8 Å². The Balaban J connectivity index is 2.18. The van der Waals surface area contributed by atoms with Crippen LogP contribution in [-0.2, 0) is 13.6 Å². The standard InChI is InChI=1S/C13H13ClN4O3/c1-8-9(4-3-5-11(8)18(20)21)13(19)15-7-12-10(14)6-16-17(12)2/h3-6H,7H2,1-2H3,(H,15,19). The molecule has 1 amide bonds. The van der Waals surface area contributed by atoms with E-state index in [-0.39, 0.29) is 17.8 Å². The van der Waals surface area contributed by atoms with E-state index >= 15 is 0 Å². The van der Waals surface area contributed by atoms with Gasteiger partial charge < -0.3 is 5.32 Å². The molecule has 2 aromatic rings. The fourth-order valence-corrected chi connectivity index (χ4v) is 2.19. The van der Waals surface area contributed by atoms with Crippen LogP contribution in [0.5, 0.6) is 0 Å². The summed E-state index contributed by atoms with van der Waals surface area (Å²) >= 11 is 5.95. The molecule has 0 saturated heterocycles. The Morgan fingerprint density at radius 3 is 2.81 bits per heavy atom. The van der Waals surface area contributed by atoms with Gasteiger partial charge in [-0.2, -0.15) is 5.10 Å². The summed E-state index contributed by atoms with van der Waals surface area (Å²) < 4.78 is 1.56. The number of aromatic nitrogens is 2. The van der Waals surface area contributed by atoms with Gasteiger partial charge in [0.05, 0.1) is 28.4 Å². The summed E-state index contributed by atoms with van der Waals surface area (Å²) in [7, 11) is 1.71. The van der Waals surface area contributed by atoms with Gasteiger partial charge in [-0.15, -0.1) is 0 Å². The predicted molar refractivity (Wildman–Crippen MR) is 77.2 cm³/mol. The number of aryl methyl sites for hydroxylation is 1. The second-order valence-corrected chi connectivity index (χ2v) is 4.86. The molecule has 0 saturated carbocycles. The number of hydrogen-bond acceptors (Lipinski definition) is 4. The van der Waals surface area contributed by atoms with Crippen LogP contribution >= 0.6 is 11.6 Å². The minimum absolute atomic E-state index is 0.0822. The van der Waals surface area contributed by atoms with E-state index in [1.807, 2.05) is 0 Å². The third-order valence-electron chi connectivity index (χ3n) is 3.17. The molecule has 1 N–H and O–H groups in total. The van der Waals surface area contributed by atoms with Crippen LogP contribution in [0.1, 0.15) is 21.6 Å². The second kappa shape index (κ2) is 5.92. The van der Waals surface area contributed by atoms with Gasteiger partial charge in [0.25, 0.3) is 11.6 Å². The monoisotopic (exact) mass is 308 g/mol. The number of benzene rings is 1. The van der Waals surface area contributed by atoms with E-state index in [4.69, 9.17) is 11.6 Å². The first-order valence-corrected chi connectivity index (χ1v) is 6.48. The van der Waals surface area contributed by atoms with E-state index in [0.29, 0.717) is 16.3 Å². The Labute approximate surface area is 125 Å². The Bertz CT molecular complexity index is 692. The van der Waals surface area contributed by atoms with Crippen LogP contribution in [0.3, 0.4) is 0 Å². The topological polar surface area (TPSA) is 90.1 Å². The van der Waals surface area contributed by atoms with Gasteiger partial charge >= 0.3 is 0 Å². The third-order valence-corrected chi connectivity index (χ3v) is 3.49. The fourth-order valence-electron chi connectivity index (χ4n) is 1.96. The minimum atomic E-state index is -0.510. The Morgan fingerprint density at radius 1 is 1.52 bits per heavy atom. The first kappa shape index (κ1) is 15.0. The molecule has 0 fully saturated rings. The van der Waals surface area contributed by atoms with Crippen molar-refractivity contribution in [2.75, 3.05) is 0 Å². The zero-order valence-corrected chi connectivity index (χ0v) is 12.2.